The van der Waals surface area contributed by atoms with Gasteiger partial charge in [-0.1, -0.05) is 48.8 Å². The van der Waals surface area contributed by atoms with Crippen LogP contribution >= 0.6 is 0 Å². The fraction of sp³-hybridized carbons (Fsp3) is 0.476. The van der Waals surface area contributed by atoms with E-state index in [-0.39, 0.29) is 5.56 Å². The number of hydrogen-bond donors (Lipinski definition) is 3. The first-order chi connectivity index (χ1) is 12.3. The van der Waals surface area contributed by atoms with E-state index in [4.69, 9.17) is 0 Å². The molecule has 4 nitrogen and oxygen atoms in total. The topological polar surface area (TPSA) is 62.2 Å². The lowest BCUT2D eigenvalue weighted by Gasteiger charge is -2.21. The maximum Gasteiger partial charge on any atom is 0.390 e. The van der Waals surface area contributed by atoms with Gasteiger partial charge in [-0.15, -0.1) is 4.39 Å². The second kappa shape index (κ2) is 8.99. The number of para-hydroxylation sites is 1. The van der Waals surface area contributed by atoms with E-state index < -0.39 is 12.2 Å². The normalized spacial score (nSPS) is 14.6. The smallest absolute Gasteiger partial charge is 0.369 e. The van der Waals surface area contributed by atoms with E-state index in [1.165, 1.54) is 5.57 Å². The van der Waals surface area contributed by atoms with Gasteiger partial charge in [0, 0.05) is 5.69 Å². The maximum absolute atomic E-state index is 13.8. The minimum atomic E-state index is -1.12. The SMILES string of the molecule is CC(C)=CC(C)CCC(C)c1ccccc1NC(O)c1c(C)[nH][nH+]c1F. The number of H-pyrrole nitrogens is 2. The lowest BCUT2D eigenvalue weighted by Crippen LogP contribution is -2.15. The number of nitrogens with one attached hydrogen (secondary N) is 3. The molecule has 1 heterocycles. The molecule has 0 aliphatic heterocycles. The molecule has 0 aliphatic rings. The first kappa shape index (κ1) is 20.2. The summed E-state index contributed by atoms with van der Waals surface area (Å²) in [5.74, 6) is 0.325. The Morgan fingerprint density at radius 1 is 1.27 bits per heavy atom. The minimum Gasteiger partial charge on any atom is -0.369 e. The van der Waals surface area contributed by atoms with E-state index in [0.717, 1.165) is 24.1 Å². The third-order valence-corrected chi connectivity index (χ3v) is 4.73. The van der Waals surface area contributed by atoms with Gasteiger partial charge >= 0.3 is 5.95 Å². The summed E-state index contributed by atoms with van der Waals surface area (Å²) in [5.41, 5.74) is 4.10. The molecule has 0 fully saturated rings. The Morgan fingerprint density at radius 3 is 2.58 bits per heavy atom. The molecule has 142 valence electrons. The molecule has 0 radical (unpaired) electrons. The molecule has 0 bridgehead atoms. The van der Waals surface area contributed by atoms with Crippen LogP contribution < -0.4 is 10.4 Å². The zero-order valence-corrected chi connectivity index (χ0v) is 16.4. The highest BCUT2D eigenvalue weighted by Gasteiger charge is 2.24. The molecule has 0 amide bonds. The Labute approximate surface area is 155 Å². The minimum absolute atomic E-state index is 0.213. The Balaban J connectivity index is 2.11. The van der Waals surface area contributed by atoms with Gasteiger partial charge in [-0.25, -0.2) is 0 Å². The highest BCUT2D eigenvalue weighted by atomic mass is 19.1. The predicted octanol–water partition coefficient (Wildman–Crippen LogP) is 4.87. The van der Waals surface area contributed by atoms with E-state index in [2.05, 4.69) is 55.4 Å². The summed E-state index contributed by atoms with van der Waals surface area (Å²) in [4.78, 5) is 0. The molecule has 0 saturated carbocycles. The van der Waals surface area contributed by atoms with Gasteiger partial charge in [0.25, 0.3) is 0 Å². The van der Waals surface area contributed by atoms with Crippen molar-refractivity contribution < 1.29 is 14.6 Å². The zero-order valence-electron chi connectivity index (χ0n) is 16.4. The fourth-order valence-electron chi connectivity index (χ4n) is 3.37. The van der Waals surface area contributed by atoms with Crippen molar-refractivity contribution in [1.82, 2.24) is 5.10 Å². The van der Waals surface area contributed by atoms with Crippen LogP contribution in [0, 0.1) is 18.8 Å². The monoisotopic (exact) mass is 360 g/mol. The van der Waals surface area contributed by atoms with Crippen molar-refractivity contribution in [1.29, 1.82) is 0 Å². The van der Waals surface area contributed by atoms with Crippen LogP contribution in [0.3, 0.4) is 0 Å². The molecule has 4 N–H and O–H groups in total. The molecule has 2 rings (SSSR count). The van der Waals surface area contributed by atoms with Crippen LogP contribution in [-0.4, -0.2) is 10.2 Å². The van der Waals surface area contributed by atoms with Crippen molar-refractivity contribution in [3.05, 3.63) is 58.7 Å². The standard InChI is InChI=1S/C21H30FN3O/c1-13(2)12-14(3)10-11-15(4)17-8-6-7-9-18(17)23-21(26)19-16(5)24-25-20(19)22/h6-9,12,14-15,21,23,26H,10-11H2,1-5H3,(H,24,25)/p+1. The number of aromatic amines is 2. The summed E-state index contributed by atoms with van der Waals surface area (Å²) in [6.45, 7) is 10.4. The van der Waals surface area contributed by atoms with E-state index >= 15 is 0 Å². The molecular formula is C21H31FN3O+. The average molecular weight is 360 g/mol. The van der Waals surface area contributed by atoms with E-state index in [1.54, 1.807) is 6.92 Å². The molecule has 0 spiro atoms. The number of rotatable bonds is 8. The summed E-state index contributed by atoms with van der Waals surface area (Å²) >= 11 is 0. The fourth-order valence-corrected chi connectivity index (χ4v) is 3.37. The number of halogens is 1. The first-order valence-corrected chi connectivity index (χ1v) is 9.23. The molecule has 26 heavy (non-hydrogen) atoms. The van der Waals surface area contributed by atoms with Gasteiger partial charge in [0.1, 0.15) is 5.56 Å². The predicted molar refractivity (Wildman–Crippen MR) is 103 cm³/mol. The van der Waals surface area contributed by atoms with E-state index in [1.807, 2.05) is 18.2 Å². The van der Waals surface area contributed by atoms with E-state index in [9.17, 15) is 9.50 Å². The molecule has 1 aromatic carbocycles. The molecular weight excluding hydrogens is 329 g/mol. The summed E-state index contributed by atoms with van der Waals surface area (Å²) in [6, 6.07) is 7.91. The zero-order chi connectivity index (χ0) is 19.3. The lowest BCUT2D eigenvalue weighted by molar-refractivity contribution is -0.487. The van der Waals surface area contributed by atoms with Crippen LogP contribution in [0.1, 0.15) is 69.5 Å². The number of anilines is 1. The van der Waals surface area contributed by atoms with Crippen molar-refractivity contribution >= 4 is 5.69 Å². The molecule has 3 unspecified atom stereocenters. The molecule has 1 aromatic heterocycles. The van der Waals surface area contributed by atoms with Crippen molar-refractivity contribution in [3.8, 4) is 0 Å². The van der Waals surface area contributed by atoms with Crippen LogP contribution in [0.5, 0.6) is 0 Å². The van der Waals surface area contributed by atoms with Crippen LogP contribution in [0.4, 0.5) is 10.1 Å². The largest absolute Gasteiger partial charge is 0.390 e. The second-order valence-corrected chi connectivity index (χ2v) is 7.44. The number of hydrogen-bond acceptors (Lipinski definition) is 2. The Hall–Kier alpha value is -2.14. The third-order valence-electron chi connectivity index (χ3n) is 4.73. The van der Waals surface area contributed by atoms with Gasteiger partial charge < -0.3 is 10.4 Å². The number of aryl methyl sites for hydroxylation is 1. The van der Waals surface area contributed by atoms with Crippen molar-refractivity contribution in [3.63, 3.8) is 0 Å². The number of aliphatic hydroxyl groups is 1. The van der Waals surface area contributed by atoms with Gasteiger partial charge in [-0.2, -0.15) is 5.10 Å². The number of allylic oxidation sites excluding steroid dienone is 2. The Morgan fingerprint density at radius 2 is 1.96 bits per heavy atom. The second-order valence-electron chi connectivity index (χ2n) is 7.44. The Kier molecular flexibility index (Phi) is 6.98. The summed E-state index contributed by atoms with van der Waals surface area (Å²) in [6.07, 6.45) is 3.33. The molecule has 0 saturated heterocycles. The van der Waals surface area contributed by atoms with Crippen LogP contribution in [0.25, 0.3) is 0 Å². The maximum atomic E-state index is 13.8. The lowest BCUT2D eigenvalue weighted by atomic mass is 9.90. The first-order valence-electron chi connectivity index (χ1n) is 9.23. The van der Waals surface area contributed by atoms with Gasteiger partial charge in [-0.05, 0) is 57.1 Å². The molecule has 3 atom stereocenters. The van der Waals surface area contributed by atoms with Crippen LogP contribution in [-0.2, 0) is 0 Å². The summed E-state index contributed by atoms with van der Waals surface area (Å²) in [5, 5.41) is 18.6. The number of aromatic nitrogens is 2. The number of aliphatic hydroxyl groups excluding tert-OH is 1. The summed E-state index contributed by atoms with van der Waals surface area (Å²) < 4.78 is 13.8. The van der Waals surface area contributed by atoms with Crippen LogP contribution in [0.15, 0.2) is 35.9 Å². The number of benzene rings is 1. The van der Waals surface area contributed by atoms with E-state index in [0.29, 0.717) is 17.5 Å². The third kappa shape index (κ3) is 5.18. The quantitative estimate of drug-likeness (QED) is 0.465. The van der Waals surface area contributed by atoms with Gasteiger partial charge in [0.2, 0.25) is 0 Å². The molecule has 0 aliphatic carbocycles. The molecule has 5 heteroatoms. The summed E-state index contributed by atoms with van der Waals surface area (Å²) in [7, 11) is 0. The highest BCUT2D eigenvalue weighted by Crippen LogP contribution is 2.31. The van der Waals surface area contributed by atoms with Crippen molar-refractivity contribution in [2.45, 2.75) is 59.6 Å². The average Bonchev–Trinajstić information content (AvgIpc) is 2.91. The van der Waals surface area contributed by atoms with Gasteiger partial charge in [0.15, 0.2) is 6.23 Å². The van der Waals surface area contributed by atoms with Crippen molar-refractivity contribution in [2.75, 3.05) is 5.32 Å². The molecule has 2 aromatic rings. The Bertz CT molecular complexity index is 730. The van der Waals surface area contributed by atoms with Crippen LogP contribution in [0.2, 0.25) is 0 Å². The van der Waals surface area contributed by atoms with Gasteiger partial charge in [0.05, 0.1) is 5.69 Å². The highest BCUT2D eigenvalue weighted by molar-refractivity contribution is 5.53. The van der Waals surface area contributed by atoms with Gasteiger partial charge in [-0.3, -0.25) is 0 Å². The van der Waals surface area contributed by atoms with Crippen molar-refractivity contribution in [2.24, 2.45) is 5.92 Å².